The summed E-state index contributed by atoms with van der Waals surface area (Å²) in [5, 5.41) is 0. The Morgan fingerprint density at radius 3 is 2.20 bits per heavy atom. The van der Waals surface area contributed by atoms with E-state index in [1.165, 1.54) is 9.21 Å². The van der Waals surface area contributed by atoms with Gasteiger partial charge in [0.2, 0.25) is 15.9 Å². The number of rotatable bonds is 5. The van der Waals surface area contributed by atoms with Crippen LogP contribution < -0.4 is 0 Å². The van der Waals surface area contributed by atoms with E-state index in [9.17, 15) is 21.6 Å². The Kier molecular flexibility index (Phi) is 4.14. The predicted molar refractivity (Wildman–Crippen MR) is 74.4 cm³/mol. The number of nitrogens with zero attached hydrogens (tertiary/aromatic N) is 2. The minimum Gasteiger partial charge on any atom is -0.341 e. The van der Waals surface area contributed by atoms with Gasteiger partial charge < -0.3 is 4.90 Å². The molecule has 0 aromatic carbocycles. The van der Waals surface area contributed by atoms with Crippen molar-refractivity contribution in [2.24, 2.45) is 0 Å². The third kappa shape index (κ3) is 3.70. The fourth-order valence-corrected chi connectivity index (χ4v) is 5.28. The van der Waals surface area contributed by atoms with Crippen LogP contribution in [0.25, 0.3) is 0 Å². The number of amides is 1. The molecule has 7 nitrogen and oxygen atoms in total. The first-order valence-corrected chi connectivity index (χ1v) is 10.2. The van der Waals surface area contributed by atoms with E-state index in [4.69, 9.17) is 0 Å². The Morgan fingerprint density at radius 1 is 1.20 bits per heavy atom. The summed E-state index contributed by atoms with van der Waals surface area (Å²) in [6, 6.07) is -0.414. The van der Waals surface area contributed by atoms with E-state index in [1.807, 2.05) is 0 Å². The van der Waals surface area contributed by atoms with Gasteiger partial charge in [-0.1, -0.05) is 0 Å². The summed E-state index contributed by atoms with van der Waals surface area (Å²) in [6.07, 6.45) is 3.08. The largest absolute Gasteiger partial charge is 0.341 e. The molecule has 1 unspecified atom stereocenters. The Hall–Kier alpha value is -0.670. The third-order valence-electron chi connectivity index (χ3n) is 3.82. The topological polar surface area (TPSA) is 91.8 Å². The summed E-state index contributed by atoms with van der Waals surface area (Å²) in [6.45, 7) is -0.198. The van der Waals surface area contributed by atoms with Crippen LogP contribution in [0.2, 0.25) is 0 Å². The van der Waals surface area contributed by atoms with Crippen LogP contribution in [0.15, 0.2) is 0 Å². The molecule has 2 fully saturated rings. The Morgan fingerprint density at radius 2 is 1.80 bits per heavy atom. The quantitative estimate of drug-likeness (QED) is 0.650. The molecule has 2 rings (SSSR count). The summed E-state index contributed by atoms with van der Waals surface area (Å²) >= 11 is 0. The second kappa shape index (κ2) is 5.27. The molecule has 1 heterocycles. The van der Waals surface area contributed by atoms with Gasteiger partial charge in [-0.2, -0.15) is 4.31 Å². The number of hydrogen-bond donors (Lipinski definition) is 0. The number of carbonyl (C=O) groups is 1. The molecule has 1 aliphatic heterocycles. The second-order valence-electron chi connectivity index (χ2n) is 5.60. The summed E-state index contributed by atoms with van der Waals surface area (Å²) in [7, 11) is -4.93. The monoisotopic (exact) mass is 324 g/mol. The van der Waals surface area contributed by atoms with E-state index in [0.29, 0.717) is 6.42 Å². The van der Waals surface area contributed by atoms with Crippen molar-refractivity contribution in [3.8, 4) is 0 Å². The molecule has 20 heavy (non-hydrogen) atoms. The molecule has 1 saturated heterocycles. The SMILES string of the molecule is CN(C(=O)CN(C1CC1)S(C)(=O)=O)C1CCS(=O)(=O)C1. The van der Waals surface area contributed by atoms with Crippen molar-refractivity contribution >= 4 is 25.8 Å². The van der Waals surface area contributed by atoms with Gasteiger partial charge in [-0.3, -0.25) is 4.79 Å². The molecule has 9 heteroatoms. The molecule has 2 aliphatic rings. The van der Waals surface area contributed by atoms with Crippen LogP contribution in [0.1, 0.15) is 19.3 Å². The third-order valence-corrected chi connectivity index (χ3v) is 6.85. The molecule has 1 saturated carbocycles. The minimum atomic E-state index is -3.41. The van der Waals surface area contributed by atoms with Gasteiger partial charge in [-0.15, -0.1) is 0 Å². The predicted octanol–water partition coefficient (Wildman–Crippen LogP) is -0.944. The van der Waals surface area contributed by atoms with E-state index < -0.39 is 19.9 Å². The van der Waals surface area contributed by atoms with Gasteiger partial charge in [-0.05, 0) is 19.3 Å². The van der Waals surface area contributed by atoms with Crippen LogP contribution >= 0.6 is 0 Å². The molecular weight excluding hydrogens is 304 g/mol. The molecule has 1 aliphatic carbocycles. The highest BCUT2D eigenvalue weighted by atomic mass is 32.2. The van der Waals surface area contributed by atoms with Gasteiger partial charge in [0.1, 0.15) is 0 Å². The minimum absolute atomic E-state index is 0.0302. The van der Waals surface area contributed by atoms with Gasteiger partial charge in [0.25, 0.3) is 0 Å². The maximum absolute atomic E-state index is 12.2. The molecule has 0 aromatic rings. The second-order valence-corrected chi connectivity index (χ2v) is 9.76. The molecule has 0 bridgehead atoms. The van der Waals surface area contributed by atoms with Crippen LogP contribution in [0.3, 0.4) is 0 Å². The molecule has 0 spiro atoms. The number of sulfonamides is 1. The van der Waals surface area contributed by atoms with Crippen molar-refractivity contribution in [2.75, 3.05) is 31.4 Å². The molecule has 1 atom stereocenters. The van der Waals surface area contributed by atoms with E-state index >= 15 is 0 Å². The molecule has 0 radical (unpaired) electrons. The highest BCUT2D eigenvalue weighted by Gasteiger charge is 2.38. The van der Waals surface area contributed by atoms with Crippen LogP contribution in [-0.4, -0.2) is 75.4 Å². The summed E-state index contributed by atoms with van der Waals surface area (Å²) in [4.78, 5) is 13.5. The van der Waals surface area contributed by atoms with Crippen molar-refractivity contribution in [1.29, 1.82) is 0 Å². The molecule has 0 N–H and O–H groups in total. The summed E-state index contributed by atoms with van der Waals surface area (Å²) in [5.74, 6) is -0.282. The van der Waals surface area contributed by atoms with E-state index in [-0.39, 0.29) is 36.0 Å². The lowest BCUT2D eigenvalue weighted by Gasteiger charge is -2.27. The average molecular weight is 324 g/mol. The average Bonchev–Trinajstić information content (AvgIpc) is 3.07. The first kappa shape index (κ1) is 15.7. The Bertz CT molecular complexity index is 594. The zero-order valence-electron chi connectivity index (χ0n) is 11.6. The fraction of sp³-hybridized carbons (Fsp3) is 0.909. The number of hydrogen-bond acceptors (Lipinski definition) is 5. The zero-order chi connectivity index (χ0) is 15.1. The van der Waals surface area contributed by atoms with Crippen molar-refractivity contribution in [2.45, 2.75) is 31.3 Å². The van der Waals surface area contributed by atoms with Gasteiger partial charge in [0, 0.05) is 19.1 Å². The normalized spacial score (nSPS) is 25.9. The maximum Gasteiger partial charge on any atom is 0.237 e. The fourth-order valence-electron chi connectivity index (χ4n) is 2.41. The van der Waals surface area contributed by atoms with Gasteiger partial charge in [-0.25, -0.2) is 16.8 Å². The van der Waals surface area contributed by atoms with Crippen molar-refractivity contribution in [3.05, 3.63) is 0 Å². The summed E-state index contributed by atoms with van der Waals surface area (Å²) in [5.41, 5.74) is 0. The molecule has 0 aromatic heterocycles. The smallest absolute Gasteiger partial charge is 0.237 e. The molecular formula is C11H20N2O5S2. The van der Waals surface area contributed by atoms with Gasteiger partial charge in [0.15, 0.2) is 9.84 Å². The number of sulfone groups is 1. The van der Waals surface area contributed by atoms with E-state index in [2.05, 4.69) is 0 Å². The highest BCUT2D eigenvalue weighted by Crippen LogP contribution is 2.29. The molecule has 116 valence electrons. The first-order valence-electron chi connectivity index (χ1n) is 6.53. The lowest BCUT2D eigenvalue weighted by atomic mass is 10.2. The van der Waals surface area contributed by atoms with E-state index in [1.54, 1.807) is 7.05 Å². The summed E-state index contributed by atoms with van der Waals surface area (Å²) < 4.78 is 47.4. The highest BCUT2D eigenvalue weighted by molar-refractivity contribution is 7.91. The maximum atomic E-state index is 12.2. The van der Waals surface area contributed by atoms with Gasteiger partial charge >= 0.3 is 0 Å². The zero-order valence-corrected chi connectivity index (χ0v) is 13.3. The van der Waals surface area contributed by atoms with Crippen LogP contribution in [0.4, 0.5) is 0 Å². The Balaban J connectivity index is 2.00. The molecule has 1 amide bonds. The van der Waals surface area contributed by atoms with Crippen LogP contribution in [-0.2, 0) is 24.7 Å². The number of likely N-dealkylation sites (N-methyl/N-ethyl adjacent to an activating group) is 1. The van der Waals surface area contributed by atoms with Crippen LogP contribution in [0.5, 0.6) is 0 Å². The van der Waals surface area contributed by atoms with Gasteiger partial charge in [0.05, 0.1) is 24.3 Å². The van der Waals surface area contributed by atoms with Crippen molar-refractivity contribution < 1.29 is 21.6 Å². The Labute approximate surface area is 119 Å². The lowest BCUT2D eigenvalue weighted by Crippen LogP contribution is -2.46. The van der Waals surface area contributed by atoms with Crippen molar-refractivity contribution in [1.82, 2.24) is 9.21 Å². The standard InChI is InChI=1S/C11H20N2O5S2/c1-12(10-5-6-20(17,18)8-10)11(14)7-13(9-3-4-9)19(2,15)16/h9-10H,3-8H2,1-2H3. The van der Waals surface area contributed by atoms with E-state index in [0.717, 1.165) is 19.1 Å². The van der Waals surface area contributed by atoms with Crippen molar-refractivity contribution in [3.63, 3.8) is 0 Å². The number of carbonyl (C=O) groups excluding carboxylic acids is 1. The van der Waals surface area contributed by atoms with Crippen LogP contribution in [0, 0.1) is 0 Å². The first-order chi connectivity index (χ1) is 9.10. The lowest BCUT2D eigenvalue weighted by molar-refractivity contribution is -0.131.